The number of nitrogens with zero attached hydrogens (tertiary/aromatic N) is 2. The molecule has 0 spiro atoms. The third-order valence-corrected chi connectivity index (χ3v) is 5.34. The molecule has 21 heavy (non-hydrogen) atoms. The van der Waals surface area contributed by atoms with Gasteiger partial charge in [0.2, 0.25) is 0 Å². The summed E-state index contributed by atoms with van der Waals surface area (Å²) in [6.07, 6.45) is 2.43. The molecular weight excluding hydrogens is 464 g/mol. The van der Waals surface area contributed by atoms with Crippen molar-refractivity contribution in [1.82, 2.24) is 9.97 Å². The molecular formula is C15H14BrClIN3. The second-order valence-electron chi connectivity index (χ2n) is 5.02. The minimum atomic E-state index is 0.578. The number of halogens is 3. The third kappa shape index (κ3) is 3.35. The SMILES string of the molecule is CCNc1nc(-c2cc(Cl)ccc2Br)nc(C2CC2)c1I. The van der Waals surface area contributed by atoms with Crippen LogP contribution in [0.2, 0.25) is 5.02 Å². The largest absolute Gasteiger partial charge is 0.369 e. The molecule has 1 aromatic heterocycles. The van der Waals surface area contributed by atoms with E-state index in [0.717, 1.165) is 37.5 Å². The van der Waals surface area contributed by atoms with E-state index in [4.69, 9.17) is 16.6 Å². The van der Waals surface area contributed by atoms with E-state index in [9.17, 15) is 0 Å². The van der Waals surface area contributed by atoms with Gasteiger partial charge in [-0.3, -0.25) is 0 Å². The molecule has 110 valence electrons. The number of nitrogens with one attached hydrogen (secondary N) is 1. The lowest BCUT2D eigenvalue weighted by molar-refractivity contribution is 0.971. The van der Waals surface area contributed by atoms with Gasteiger partial charge in [0, 0.05) is 27.5 Å². The summed E-state index contributed by atoms with van der Waals surface area (Å²) in [5.74, 6) is 2.22. The molecule has 3 rings (SSSR count). The van der Waals surface area contributed by atoms with Crippen molar-refractivity contribution in [3.63, 3.8) is 0 Å². The van der Waals surface area contributed by atoms with E-state index in [-0.39, 0.29) is 0 Å². The molecule has 6 heteroatoms. The summed E-state index contributed by atoms with van der Waals surface area (Å²) >= 11 is 12.0. The molecule has 0 atom stereocenters. The first-order valence-electron chi connectivity index (χ1n) is 6.87. The normalized spacial score (nSPS) is 14.3. The standard InChI is InChI=1S/C15H14BrClIN3/c1-2-19-15-12(18)13(8-3-4-8)20-14(21-15)10-7-9(17)5-6-11(10)16/h5-8H,2-4H2,1H3,(H,19,20,21). The zero-order valence-corrected chi connectivity index (χ0v) is 16.0. The van der Waals surface area contributed by atoms with Gasteiger partial charge < -0.3 is 5.32 Å². The van der Waals surface area contributed by atoms with Crippen LogP contribution in [-0.2, 0) is 0 Å². The first-order valence-corrected chi connectivity index (χ1v) is 9.11. The van der Waals surface area contributed by atoms with Crippen LogP contribution in [0.4, 0.5) is 5.82 Å². The van der Waals surface area contributed by atoms with Crippen molar-refractivity contribution in [1.29, 1.82) is 0 Å². The molecule has 0 saturated heterocycles. The number of aromatic nitrogens is 2. The number of anilines is 1. The molecule has 1 aliphatic carbocycles. The molecule has 1 N–H and O–H groups in total. The van der Waals surface area contributed by atoms with Crippen molar-refractivity contribution in [2.24, 2.45) is 0 Å². The highest BCUT2D eigenvalue weighted by Gasteiger charge is 2.29. The van der Waals surface area contributed by atoms with Crippen LogP contribution in [0.15, 0.2) is 22.7 Å². The second-order valence-corrected chi connectivity index (χ2v) is 7.39. The quantitative estimate of drug-likeness (QED) is 0.592. The van der Waals surface area contributed by atoms with E-state index >= 15 is 0 Å². The van der Waals surface area contributed by atoms with Crippen molar-refractivity contribution in [3.8, 4) is 11.4 Å². The van der Waals surface area contributed by atoms with Crippen LogP contribution in [0.25, 0.3) is 11.4 Å². The first kappa shape index (κ1) is 15.5. The van der Waals surface area contributed by atoms with Crippen molar-refractivity contribution in [3.05, 3.63) is 37.0 Å². The molecule has 0 bridgehead atoms. The lowest BCUT2D eigenvalue weighted by Crippen LogP contribution is -2.07. The molecule has 3 nitrogen and oxygen atoms in total. The van der Waals surface area contributed by atoms with Crippen molar-refractivity contribution < 1.29 is 0 Å². The average Bonchev–Trinajstić information content (AvgIpc) is 3.28. The van der Waals surface area contributed by atoms with E-state index in [0.29, 0.717) is 10.9 Å². The Morgan fingerprint density at radius 2 is 2.14 bits per heavy atom. The molecule has 1 aliphatic rings. The molecule has 1 saturated carbocycles. The Labute approximate surface area is 151 Å². The Kier molecular flexibility index (Phi) is 4.71. The average molecular weight is 479 g/mol. The van der Waals surface area contributed by atoms with Gasteiger partial charge in [-0.1, -0.05) is 27.5 Å². The number of rotatable bonds is 4. The molecule has 0 radical (unpaired) electrons. The minimum Gasteiger partial charge on any atom is -0.369 e. The summed E-state index contributed by atoms with van der Waals surface area (Å²) < 4.78 is 2.09. The van der Waals surface area contributed by atoms with Crippen LogP contribution in [0, 0.1) is 3.57 Å². The van der Waals surface area contributed by atoms with Crippen LogP contribution >= 0.6 is 50.1 Å². The zero-order chi connectivity index (χ0) is 15.0. The van der Waals surface area contributed by atoms with Gasteiger partial charge in [-0.2, -0.15) is 0 Å². The van der Waals surface area contributed by atoms with Crippen LogP contribution in [-0.4, -0.2) is 16.5 Å². The maximum atomic E-state index is 6.12. The molecule has 0 unspecified atom stereocenters. The Balaban J connectivity index is 2.15. The number of benzene rings is 1. The summed E-state index contributed by atoms with van der Waals surface area (Å²) in [4.78, 5) is 9.49. The molecule has 1 fully saturated rings. The van der Waals surface area contributed by atoms with E-state index < -0.39 is 0 Å². The predicted molar refractivity (Wildman–Crippen MR) is 99.0 cm³/mol. The van der Waals surface area contributed by atoms with Gasteiger partial charge in [0.15, 0.2) is 5.82 Å². The molecule has 2 aromatic rings. The Morgan fingerprint density at radius 3 is 2.81 bits per heavy atom. The van der Waals surface area contributed by atoms with Crippen LogP contribution in [0.3, 0.4) is 0 Å². The van der Waals surface area contributed by atoms with Crippen molar-refractivity contribution in [2.75, 3.05) is 11.9 Å². The van der Waals surface area contributed by atoms with Gasteiger partial charge >= 0.3 is 0 Å². The van der Waals surface area contributed by atoms with E-state index in [1.165, 1.54) is 12.8 Å². The maximum Gasteiger partial charge on any atom is 0.163 e. The van der Waals surface area contributed by atoms with Gasteiger partial charge in [-0.05, 0) is 60.6 Å². The maximum absolute atomic E-state index is 6.12. The van der Waals surface area contributed by atoms with Crippen molar-refractivity contribution >= 4 is 55.9 Å². The summed E-state index contributed by atoms with van der Waals surface area (Å²) in [7, 11) is 0. The Hall–Kier alpha value is -0.400. The topological polar surface area (TPSA) is 37.8 Å². The van der Waals surface area contributed by atoms with Gasteiger partial charge in [-0.25, -0.2) is 9.97 Å². The van der Waals surface area contributed by atoms with Gasteiger partial charge in [0.05, 0.1) is 9.26 Å². The summed E-state index contributed by atoms with van der Waals surface area (Å²) in [5, 5.41) is 4.02. The van der Waals surface area contributed by atoms with E-state index in [1.807, 2.05) is 18.2 Å². The lowest BCUT2D eigenvalue weighted by Gasteiger charge is -2.13. The first-order chi connectivity index (χ1) is 10.1. The van der Waals surface area contributed by atoms with Crippen LogP contribution in [0.5, 0.6) is 0 Å². The highest BCUT2D eigenvalue weighted by atomic mass is 127. The summed E-state index contributed by atoms with van der Waals surface area (Å²) in [5.41, 5.74) is 2.09. The molecule has 1 heterocycles. The molecule has 0 amide bonds. The zero-order valence-electron chi connectivity index (χ0n) is 11.5. The van der Waals surface area contributed by atoms with Gasteiger partial charge in [-0.15, -0.1) is 0 Å². The monoisotopic (exact) mass is 477 g/mol. The second kappa shape index (κ2) is 6.38. The van der Waals surface area contributed by atoms with Crippen molar-refractivity contribution in [2.45, 2.75) is 25.7 Å². The number of hydrogen-bond acceptors (Lipinski definition) is 3. The summed E-state index contributed by atoms with van der Waals surface area (Å²) in [6, 6.07) is 5.69. The fourth-order valence-electron chi connectivity index (χ4n) is 2.17. The van der Waals surface area contributed by atoms with Gasteiger partial charge in [0.25, 0.3) is 0 Å². The highest BCUT2D eigenvalue weighted by Crippen LogP contribution is 2.43. The predicted octanol–water partition coefficient (Wildman–Crippen LogP) is 5.47. The highest BCUT2D eigenvalue weighted by molar-refractivity contribution is 14.1. The third-order valence-electron chi connectivity index (χ3n) is 3.35. The van der Waals surface area contributed by atoms with E-state index in [2.05, 4.69) is 55.7 Å². The fraction of sp³-hybridized carbons (Fsp3) is 0.333. The molecule has 1 aromatic carbocycles. The fourth-order valence-corrected chi connectivity index (χ4v) is 3.63. The smallest absolute Gasteiger partial charge is 0.163 e. The minimum absolute atomic E-state index is 0.578. The van der Waals surface area contributed by atoms with E-state index in [1.54, 1.807) is 0 Å². The Morgan fingerprint density at radius 1 is 1.38 bits per heavy atom. The molecule has 0 aliphatic heterocycles. The Bertz CT molecular complexity index is 689. The summed E-state index contributed by atoms with van der Waals surface area (Å²) in [6.45, 7) is 2.91. The van der Waals surface area contributed by atoms with Gasteiger partial charge in [0.1, 0.15) is 5.82 Å². The lowest BCUT2D eigenvalue weighted by atomic mass is 10.2. The van der Waals surface area contributed by atoms with Crippen LogP contribution in [0.1, 0.15) is 31.4 Å². The number of hydrogen-bond donors (Lipinski definition) is 1. The van der Waals surface area contributed by atoms with Crippen LogP contribution < -0.4 is 5.32 Å².